The van der Waals surface area contributed by atoms with E-state index in [9.17, 15) is 4.79 Å². The third kappa shape index (κ3) is 2.96. The van der Waals surface area contributed by atoms with Gasteiger partial charge in [-0.1, -0.05) is 19.1 Å². The Balaban J connectivity index is 2.17. The van der Waals surface area contributed by atoms with E-state index < -0.39 is 0 Å². The average molecular weight is 265 g/mol. The minimum absolute atomic E-state index is 0.218. The van der Waals surface area contributed by atoms with Crippen molar-refractivity contribution in [2.75, 3.05) is 11.1 Å². The number of benzene rings is 2. The Morgan fingerprint density at radius 2 is 1.95 bits per heavy atom. The second kappa shape index (κ2) is 5.89. The third-order valence-electron chi connectivity index (χ3n) is 3.05. The lowest BCUT2D eigenvalue weighted by atomic mass is 10.1. The van der Waals surface area contributed by atoms with Gasteiger partial charge in [0.2, 0.25) is 0 Å². The Morgan fingerprint density at radius 3 is 2.50 bits per heavy atom. The minimum Gasteiger partial charge on any atom is -0.397 e. The number of carbonyl (C=O) groups is 1. The zero-order valence-electron chi connectivity index (χ0n) is 11.2. The number of nitrogens with two attached hydrogens (primary N) is 1. The highest BCUT2D eigenvalue weighted by Crippen LogP contribution is 2.20. The van der Waals surface area contributed by atoms with Crippen molar-refractivity contribution in [2.24, 2.45) is 0 Å². The number of hydrogen-bond acceptors (Lipinski definition) is 3. The second-order valence-corrected chi connectivity index (χ2v) is 4.42. The molecule has 0 atom stereocenters. The maximum atomic E-state index is 12.1. The zero-order chi connectivity index (χ0) is 14.5. The summed E-state index contributed by atoms with van der Waals surface area (Å²) in [5, 5.41) is 11.5. The van der Waals surface area contributed by atoms with Crippen LogP contribution in [0, 0.1) is 11.3 Å². The van der Waals surface area contributed by atoms with Gasteiger partial charge in [-0.2, -0.15) is 5.26 Å². The van der Waals surface area contributed by atoms with E-state index in [-0.39, 0.29) is 5.91 Å². The summed E-state index contributed by atoms with van der Waals surface area (Å²) in [6.45, 7) is 2.06. The van der Waals surface area contributed by atoms with Crippen molar-refractivity contribution < 1.29 is 4.79 Å². The predicted molar refractivity (Wildman–Crippen MR) is 79.3 cm³/mol. The smallest absolute Gasteiger partial charge is 0.255 e. The van der Waals surface area contributed by atoms with Crippen molar-refractivity contribution in [3.8, 4) is 6.07 Å². The minimum atomic E-state index is -0.218. The van der Waals surface area contributed by atoms with Gasteiger partial charge in [0, 0.05) is 5.56 Å². The number of nitriles is 1. The molecule has 4 nitrogen and oxygen atoms in total. The van der Waals surface area contributed by atoms with Crippen LogP contribution in [0.25, 0.3) is 0 Å². The molecule has 3 N–H and O–H groups in total. The molecule has 0 bridgehead atoms. The lowest BCUT2D eigenvalue weighted by molar-refractivity contribution is 0.102. The van der Waals surface area contributed by atoms with E-state index >= 15 is 0 Å². The van der Waals surface area contributed by atoms with Crippen LogP contribution in [0.4, 0.5) is 11.4 Å². The largest absolute Gasteiger partial charge is 0.397 e. The molecular weight excluding hydrogens is 250 g/mol. The molecule has 0 fully saturated rings. The fourth-order valence-corrected chi connectivity index (χ4v) is 1.83. The summed E-state index contributed by atoms with van der Waals surface area (Å²) >= 11 is 0. The van der Waals surface area contributed by atoms with Gasteiger partial charge in [0.1, 0.15) is 0 Å². The Morgan fingerprint density at radius 1 is 1.25 bits per heavy atom. The van der Waals surface area contributed by atoms with E-state index in [4.69, 9.17) is 11.0 Å². The van der Waals surface area contributed by atoms with Crippen molar-refractivity contribution in [3.05, 3.63) is 59.2 Å². The molecule has 2 aromatic carbocycles. The number of nitrogens with zero attached hydrogens (tertiary/aromatic N) is 1. The Hall–Kier alpha value is -2.80. The maximum absolute atomic E-state index is 12.1. The van der Waals surface area contributed by atoms with Crippen LogP contribution in [0.5, 0.6) is 0 Å². The van der Waals surface area contributed by atoms with Crippen LogP contribution in [-0.2, 0) is 6.42 Å². The first-order valence-electron chi connectivity index (χ1n) is 6.34. The quantitative estimate of drug-likeness (QED) is 0.837. The van der Waals surface area contributed by atoms with Crippen LogP contribution in [0.2, 0.25) is 0 Å². The second-order valence-electron chi connectivity index (χ2n) is 4.42. The van der Waals surface area contributed by atoms with Crippen molar-refractivity contribution in [1.29, 1.82) is 5.26 Å². The third-order valence-corrected chi connectivity index (χ3v) is 3.05. The summed E-state index contributed by atoms with van der Waals surface area (Å²) in [7, 11) is 0. The van der Waals surface area contributed by atoms with Crippen molar-refractivity contribution in [2.45, 2.75) is 13.3 Å². The molecule has 0 aliphatic rings. The standard InChI is InChI=1S/C16H15N3O/c1-2-11-3-6-13(7-4-11)16(20)19-15-8-5-12(10-17)9-14(15)18/h3-9H,2,18H2,1H3,(H,19,20). The van der Waals surface area contributed by atoms with Crippen LogP contribution < -0.4 is 11.1 Å². The molecule has 20 heavy (non-hydrogen) atoms. The summed E-state index contributed by atoms with van der Waals surface area (Å²) in [6, 6.07) is 14.2. The summed E-state index contributed by atoms with van der Waals surface area (Å²) in [5.41, 5.74) is 8.91. The number of nitrogen functional groups attached to an aromatic ring is 1. The van der Waals surface area contributed by atoms with Crippen molar-refractivity contribution in [1.82, 2.24) is 0 Å². The normalized spacial score (nSPS) is 9.80. The zero-order valence-corrected chi connectivity index (χ0v) is 11.2. The molecule has 0 aromatic heterocycles. The van der Waals surface area contributed by atoms with Crippen LogP contribution >= 0.6 is 0 Å². The summed E-state index contributed by atoms with van der Waals surface area (Å²) in [4.78, 5) is 12.1. The molecule has 0 unspecified atom stereocenters. The maximum Gasteiger partial charge on any atom is 0.255 e. The molecule has 2 rings (SSSR count). The topological polar surface area (TPSA) is 78.9 Å². The van der Waals surface area contributed by atoms with Gasteiger partial charge in [-0.25, -0.2) is 0 Å². The number of rotatable bonds is 3. The summed E-state index contributed by atoms with van der Waals surface area (Å²) < 4.78 is 0. The molecule has 2 aromatic rings. The monoisotopic (exact) mass is 265 g/mol. The molecule has 100 valence electrons. The van der Waals surface area contributed by atoms with E-state index in [2.05, 4.69) is 12.2 Å². The molecule has 0 saturated carbocycles. The molecule has 0 aliphatic heterocycles. The summed E-state index contributed by atoms with van der Waals surface area (Å²) in [6.07, 6.45) is 0.935. The highest BCUT2D eigenvalue weighted by molar-refractivity contribution is 6.05. The van der Waals surface area contributed by atoms with Crippen molar-refractivity contribution in [3.63, 3.8) is 0 Å². The van der Waals surface area contributed by atoms with Crippen LogP contribution in [0.15, 0.2) is 42.5 Å². The number of carbonyl (C=O) groups excluding carboxylic acids is 1. The highest BCUT2D eigenvalue weighted by atomic mass is 16.1. The molecule has 1 amide bonds. The lowest BCUT2D eigenvalue weighted by Crippen LogP contribution is -2.13. The molecule has 4 heteroatoms. The number of aryl methyl sites for hydroxylation is 1. The van der Waals surface area contributed by atoms with E-state index in [1.54, 1.807) is 24.3 Å². The Kier molecular flexibility index (Phi) is 4.02. The Labute approximate surface area is 117 Å². The molecule has 0 heterocycles. The van der Waals surface area contributed by atoms with E-state index in [1.165, 1.54) is 11.6 Å². The van der Waals surface area contributed by atoms with Crippen LogP contribution in [-0.4, -0.2) is 5.91 Å². The number of nitrogens with one attached hydrogen (secondary N) is 1. The van der Waals surface area contributed by atoms with Gasteiger partial charge >= 0.3 is 0 Å². The van der Waals surface area contributed by atoms with E-state index in [0.29, 0.717) is 22.5 Å². The van der Waals surface area contributed by atoms with Gasteiger partial charge in [0.05, 0.1) is 23.0 Å². The molecular formula is C16H15N3O. The molecule has 0 spiro atoms. The van der Waals surface area contributed by atoms with Gasteiger partial charge < -0.3 is 11.1 Å². The van der Waals surface area contributed by atoms with E-state index in [1.807, 2.05) is 18.2 Å². The van der Waals surface area contributed by atoms with Crippen LogP contribution in [0.1, 0.15) is 28.4 Å². The van der Waals surface area contributed by atoms with Gasteiger partial charge in [-0.15, -0.1) is 0 Å². The fourth-order valence-electron chi connectivity index (χ4n) is 1.83. The number of hydrogen-bond donors (Lipinski definition) is 2. The molecule has 0 saturated heterocycles. The number of amides is 1. The first-order valence-corrected chi connectivity index (χ1v) is 6.34. The Bertz CT molecular complexity index is 669. The number of anilines is 2. The molecule has 0 aliphatic carbocycles. The lowest BCUT2D eigenvalue weighted by Gasteiger charge is -2.08. The van der Waals surface area contributed by atoms with Crippen molar-refractivity contribution >= 4 is 17.3 Å². The average Bonchev–Trinajstić information content (AvgIpc) is 2.49. The van der Waals surface area contributed by atoms with Gasteiger partial charge in [0.15, 0.2) is 0 Å². The van der Waals surface area contributed by atoms with E-state index in [0.717, 1.165) is 6.42 Å². The van der Waals surface area contributed by atoms with Gasteiger partial charge in [-0.3, -0.25) is 4.79 Å². The van der Waals surface area contributed by atoms with Crippen LogP contribution in [0.3, 0.4) is 0 Å². The summed E-state index contributed by atoms with van der Waals surface area (Å²) in [5.74, 6) is -0.218. The SMILES string of the molecule is CCc1ccc(C(=O)Nc2ccc(C#N)cc2N)cc1. The van der Waals surface area contributed by atoms with Gasteiger partial charge in [-0.05, 0) is 42.3 Å². The van der Waals surface area contributed by atoms with Gasteiger partial charge in [0.25, 0.3) is 5.91 Å². The first kappa shape index (κ1) is 13.6. The fraction of sp³-hybridized carbons (Fsp3) is 0.125. The highest BCUT2D eigenvalue weighted by Gasteiger charge is 2.08. The first-order chi connectivity index (χ1) is 9.63. The molecule has 0 radical (unpaired) electrons. The predicted octanol–water partition coefficient (Wildman–Crippen LogP) is 2.96.